The standard InChI is InChI=1S/C23H20FN5O2S/c1-3-6-31-19-12-27-17(11-28-19)16(24)8-13-4-5-14-9-22(15(14)7-13)18-10-23(18,20(30)26-2)32-21(25)29-22/h1,4-5,7-8,11-12,18H,6,9-10H2,2H3,(H2,25,29)(H,26,30)/b16-8-/t18-,22+,23-/m0/s1. The van der Waals surface area contributed by atoms with Crippen LogP contribution in [0.3, 0.4) is 0 Å². The molecule has 9 heteroatoms. The zero-order valence-corrected chi connectivity index (χ0v) is 18.1. The molecule has 0 radical (unpaired) electrons. The largest absolute Gasteiger partial charge is 0.463 e. The Bertz CT molecular complexity index is 1220. The van der Waals surface area contributed by atoms with Crippen molar-refractivity contribution >= 4 is 34.7 Å². The summed E-state index contributed by atoms with van der Waals surface area (Å²) in [4.78, 5) is 25.4. The third-order valence-electron chi connectivity index (χ3n) is 6.22. The molecule has 0 bridgehead atoms. The van der Waals surface area contributed by atoms with E-state index in [4.69, 9.17) is 21.9 Å². The molecule has 3 atom stereocenters. The molecular weight excluding hydrogens is 429 g/mol. The van der Waals surface area contributed by atoms with Gasteiger partial charge < -0.3 is 15.8 Å². The summed E-state index contributed by atoms with van der Waals surface area (Å²) in [5, 5.41) is 3.18. The third-order valence-corrected chi connectivity index (χ3v) is 7.53. The van der Waals surface area contributed by atoms with Crippen molar-refractivity contribution in [3.63, 3.8) is 0 Å². The van der Waals surface area contributed by atoms with Crippen LogP contribution in [0.5, 0.6) is 5.88 Å². The van der Waals surface area contributed by atoms with Crippen molar-refractivity contribution in [3.05, 3.63) is 53.0 Å². The Labute approximate surface area is 188 Å². The van der Waals surface area contributed by atoms with E-state index in [0.29, 0.717) is 10.7 Å². The molecular formula is C23H20FN5O2S. The van der Waals surface area contributed by atoms with Gasteiger partial charge in [-0.05, 0) is 35.3 Å². The van der Waals surface area contributed by atoms with Crippen LogP contribution in [0.2, 0.25) is 0 Å². The number of benzene rings is 1. The second-order valence-corrected chi connectivity index (χ2v) is 9.37. The predicted octanol–water partition coefficient (Wildman–Crippen LogP) is 2.27. The van der Waals surface area contributed by atoms with Gasteiger partial charge in [0.15, 0.2) is 17.6 Å². The minimum Gasteiger partial charge on any atom is -0.463 e. The Hall–Kier alpha value is -3.38. The van der Waals surface area contributed by atoms with Gasteiger partial charge in [-0.15, -0.1) is 6.42 Å². The number of aromatic nitrogens is 2. The molecule has 1 aromatic heterocycles. The SMILES string of the molecule is C#CCOc1cnc(/C(F)=C/c2ccc3c(c2)[C@@]2(C3)N=C(N)S[C@@]3(C(=O)NC)C[C@H]32)cn1. The summed E-state index contributed by atoms with van der Waals surface area (Å²) in [5.41, 5.74) is 8.52. The summed E-state index contributed by atoms with van der Waals surface area (Å²) in [6, 6.07) is 5.75. The van der Waals surface area contributed by atoms with E-state index >= 15 is 0 Å². The minimum absolute atomic E-state index is 0.0199. The van der Waals surface area contributed by atoms with E-state index in [1.54, 1.807) is 7.05 Å². The molecule has 1 amide bonds. The number of nitrogens with one attached hydrogen (secondary N) is 1. The number of nitrogens with zero attached hydrogens (tertiary/aromatic N) is 3. The first kappa shape index (κ1) is 20.5. The number of halogens is 1. The third kappa shape index (κ3) is 3.06. The van der Waals surface area contributed by atoms with Crippen molar-refractivity contribution in [2.24, 2.45) is 16.6 Å². The van der Waals surface area contributed by atoms with E-state index in [2.05, 4.69) is 21.2 Å². The summed E-state index contributed by atoms with van der Waals surface area (Å²) in [5.74, 6) is 2.09. The maximum Gasteiger partial charge on any atom is 0.236 e. The number of nitrogens with two attached hydrogens (primary N) is 1. The maximum atomic E-state index is 14.8. The number of carbonyl (C=O) groups excluding carboxylic acids is 1. The zero-order chi connectivity index (χ0) is 22.5. The van der Waals surface area contributed by atoms with Gasteiger partial charge in [-0.3, -0.25) is 9.79 Å². The molecule has 7 nitrogen and oxygen atoms in total. The van der Waals surface area contributed by atoms with Crippen molar-refractivity contribution in [3.8, 4) is 18.2 Å². The quantitative estimate of drug-likeness (QED) is 0.679. The van der Waals surface area contributed by atoms with Crippen LogP contribution in [0.4, 0.5) is 4.39 Å². The number of thioether (sulfide) groups is 1. The minimum atomic E-state index is -0.561. The second kappa shape index (κ2) is 7.35. The van der Waals surface area contributed by atoms with Crippen molar-refractivity contribution < 1.29 is 13.9 Å². The number of rotatable bonds is 5. The average Bonchev–Trinajstić information content (AvgIpc) is 3.53. The average molecular weight is 450 g/mol. The molecule has 0 unspecified atom stereocenters. The van der Waals surface area contributed by atoms with Gasteiger partial charge >= 0.3 is 0 Å². The van der Waals surface area contributed by atoms with Gasteiger partial charge in [-0.25, -0.2) is 14.4 Å². The Morgan fingerprint density at radius 2 is 2.31 bits per heavy atom. The molecule has 5 rings (SSSR count). The van der Waals surface area contributed by atoms with Gasteiger partial charge in [0.25, 0.3) is 0 Å². The summed E-state index contributed by atoms with van der Waals surface area (Å²) >= 11 is 1.35. The maximum absolute atomic E-state index is 14.8. The van der Waals surface area contributed by atoms with Gasteiger partial charge in [0.05, 0.1) is 17.9 Å². The van der Waals surface area contributed by atoms with Crippen LogP contribution >= 0.6 is 11.8 Å². The first-order chi connectivity index (χ1) is 15.4. The van der Waals surface area contributed by atoms with E-state index < -0.39 is 16.1 Å². The van der Waals surface area contributed by atoms with E-state index in [1.165, 1.54) is 30.2 Å². The number of hydrogen-bond donors (Lipinski definition) is 2. The fraction of sp³-hybridized carbons (Fsp3) is 0.304. The molecule has 2 aliphatic carbocycles. The molecule has 3 N–H and O–H groups in total. The molecule has 1 saturated carbocycles. The van der Waals surface area contributed by atoms with Crippen LogP contribution in [-0.4, -0.2) is 39.4 Å². The van der Waals surface area contributed by atoms with Gasteiger partial charge in [-0.1, -0.05) is 29.8 Å². The number of amides is 1. The lowest BCUT2D eigenvalue weighted by Gasteiger charge is -2.45. The molecule has 2 aromatic rings. The number of fused-ring (bicyclic) bond motifs is 4. The van der Waals surface area contributed by atoms with Gasteiger partial charge in [0, 0.05) is 19.4 Å². The highest BCUT2D eigenvalue weighted by atomic mass is 32.2. The summed E-state index contributed by atoms with van der Waals surface area (Å²) < 4.78 is 19.4. The van der Waals surface area contributed by atoms with Crippen LogP contribution in [-0.2, 0) is 16.8 Å². The first-order valence-electron chi connectivity index (χ1n) is 10.1. The molecule has 162 valence electrons. The molecule has 1 aliphatic heterocycles. The lowest BCUT2D eigenvalue weighted by atomic mass is 9.66. The summed E-state index contributed by atoms with van der Waals surface area (Å²) in [7, 11) is 1.64. The van der Waals surface area contributed by atoms with E-state index in [1.807, 2.05) is 18.2 Å². The van der Waals surface area contributed by atoms with Gasteiger partial charge in [-0.2, -0.15) is 0 Å². The molecule has 3 aliphatic rings. The number of ether oxygens (including phenoxy) is 1. The Kier molecular flexibility index (Phi) is 4.71. The lowest BCUT2D eigenvalue weighted by Crippen LogP contribution is -2.49. The summed E-state index contributed by atoms with van der Waals surface area (Å²) in [6.45, 7) is 0.0664. The molecule has 1 spiro atoms. The number of carbonyl (C=O) groups is 1. The number of aliphatic imine (C=N–C) groups is 1. The molecule has 2 heterocycles. The Balaban J connectivity index is 1.43. The topological polar surface area (TPSA) is 102 Å². The normalized spacial score (nSPS) is 27.3. The van der Waals surface area contributed by atoms with Crippen molar-refractivity contribution in [1.82, 2.24) is 15.3 Å². The highest BCUT2D eigenvalue weighted by molar-refractivity contribution is 8.15. The van der Waals surface area contributed by atoms with Crippen LogP contribution in [0.15, 0.2) is 35.6 Å². The van der Waals surface area contributed by atoms with Crippen molar-refractivity contribution in [1.29, 1.82) is 0 Å². The smallest absolute Gasteiger partial charge is 0.236 e. The Morgan fingerprint density at radius 1 is 1.47 bits per heavy atom. The van der Waals surface area contributed by atoms with E-state index in [-0.39, 0.29) is 30.0 Å². The van der Waals surface area contributed by atoms with Gasteiger partial charge in [0.1, 0.15) is 10.4 Å². The van der Waals surface area contributed by atoms with E-state index in [0.717, 1.165) is 24.0 Å². The van der Waals surface area contributed by atoms with Crippen molar-refractivity contribution in [2.45, 2.75) is 23.1 Å². The number of amidine groups is 1. The molecule has 1 aromatic carbocycles. The lowest BCUT2D eigenvalue weighted by molar-refractivity contribution is -0.121. The van der Waals surface area contributed by atoms with Gasteiger partial charge in [0.2, 0.25) is 11.8 Å². The molecule has 32 heavy (non-hydrogen) atoms. The fourth-order valence-electron chi connectivity index (χ4n) is 4.69. The number of hydrogen-bond acceptors (Lipinski definition) is 7. The number of terminal acetylenes is 1. The van der Waals surface area contributed by atoms with E-state index in [9.17, 15) is 9.18 Å². The highest BCUT2D eigenvalue weighted by Gasteiger charge is 2.73. The monoisotopic (exact) mass is 449 g/mol. The fourth-order valence-corrected chi connectivity index (χ4v) is 6.05. The van der Waals surface area contributed by atoms with Crippen LogP contribution < -0.4 is 15.8 Å². The zero-order valence-electron chi connectivity index (χ0n) is 17.3. The van der Waals surface area contributed by atoms with Crippen LogP contribution in [0, 0.1) is 18.3 Å². The van der Waals surface area contributed by atoms with Crippen molar-refractivity contribution in [2.75, 3.05) is 13.7 Å². The molecule has 0 saturated heterocycles. The van der Waals surface area contributed by atoms with Crippen LogP contribution in [0.1, 0.15) is 28.8 Å². The molecule has 1 fully saturated rings. The highest BCUT2D eigenvalue weighted by Crippen LogP contribution is 2.69. The first-order valence-corrected chi connectivity index (χ1v) is 10.9. The second-order valence-electron chi connectivity index (χ2n) is 8.02. The predicted molar refractivity (Wildman–Crippen MR) is 121 cm³/mol. The van der Waals surface area contributed by atoms with Crippen LogP contribution in [0.25, 0.3) is 11.9 Å². The Morgan fingerprint density at radius 3 is 3.03 bits per heavy atom. The summed E-state index contributed by atoms with van der Waals surface area (Å²) in [6.07, 6.45) is 10.6.